The van der Waals surface area contributed by atoms with Gasteiger partial charge in [-0.05, 0) is 37.6 Å². The number of halogens is 1. The summed E-state index contributed by atoms with van der Waals surface area (Å²) in [7, 11) is 0. The van der Waals surface area contributed by atoms with E-state index in [1.165, 1.54) is 23.5 Å². The van der Waals surface area contributed by atoms with Gasteiger partial charge in [-0.15, -0.1) is 11.3 Å². The summed E-state index contributed by atoms with van der Waals surface area (Å²) in [6, 6.07) is 8.22. The second-order valence-electron chi connectivity index (χ2n) is 5.38. The largest absolute Gasteiger partial charge is 0.296 e. The number of anilines is 1. The Morgan fingerprint density at radius 1 is 1.38 bits per heavy atom. The van der Waals surface area contributed by atoms with Crippen molar-refractivity contribution in [1.82, 2.24) is 14.8 Å². The van der Waals surface area contributed by atoms with Gasteiger partial charge in [-0.25, -0.2) is 9.37 Å². The first kappa shape index (κ1) is 16.3. The number of amides is 1. The zero-order valence-corrected chi connectivity index (χ0v) is 14.2. The predicted octanol–water partition coefficient (Wildman–Crippen LogP) is 3.65. The molecule has 3 aromatic rings. The van der Waals surface area contributed by atoms with Crippen molar-refractivity contribution in [2.75, 3.05) is 5.32 Å². The molecule has 0 unspecified atom stereocenters. The molecule has 1 aromatic carbocycles. The molecule has 1 amide bonds. The fourth-order valence-corrected chi connectivity index (χ4v) is 3.27. The number of rotatable bonds is 5. The molecule has 1 N–H and O–H groups in total. The number of aryl methyl sites for hydroxylation is 2. The van der Waals surface area contributed by atoms with Crippen LogP contribution < -0.4 is 5.32 Å². The lowest BCUT2D eigenvalue weighted by Crippen LogP contribution is -2.17. The Morgan fingerprint density at radius 2 is 2.21 bits per heavy atom. The summed E-state index contributed by atoms with van der Waals surface area (Å²) in [4.78, 5) is 17.5. The Balaban J connectivity index is 1.70. The first-order valence-electron chi connectivity index (χ1n) is 7.60. The quantitative estimate of drug-likeness (QED) is 0.768. The van der Waals surface area contributed by atoms with Crippen molar-refractivity contribution >= 4 is 22.4 Å². The second-order valence-corrected chi connectivity index (χ2v) is 6.49. The van der Waals surface area contributed by atoms with Crippen molar-refractivity contribution in [2.45, 2.75) is 26.8 Å². The van der Waals surface area contributed by atoms with Gasteiger partial charge in [0.25, 0.3) is 5.91 Å². The molecule has 0 saturated carbocycles. The minimum absolute atomic E-state index is 0.232. The van der Waals surface area contributed by atoms with Gasteiger partial charge in [0, 0.05) is 24.0 Å². The summed E-state index contributed by atoms with van der Waals surface area (Å²) >= 11 is 1.38. The molecule has 124 valence electrons. The molecule has 0 aliphatic heterocycles. The van der Waals surface area contributed by atoms with E-state index in [1.807, 2.05) is 19.9 Å². The highest BCUT2D eigenvalue weighted by Crippen LogP contribution is 2.22. The molecular weight excluding hydrogens is 327 g/mol. The number of nitrogens with zero attached hydrogens (tertiary/aromatic N) is 3. The minimum Gasteiger partial charge on any atom is -0.296 e. The number of carbonyl (C=O) groups is 1. The smallest absolute Gasteiger partial charge is 0.275 e. The van der Waals surface area contributed by atoms with E-state index in [1.54, 1.807) is 23.0 Å². The summed E-state index contributed by atoms with van der Waals surface area (Å²) in [6.45, 7) is 4.41. The van der Waals surface area contributed by atoms with Gasteiger partial charge in [0.1, 0.15) is 11.5 Å². The normalized spacial score (nSPS) is 10.8. The lowest BCUT2D eigenvalue weighted by atomic mass is 10.1. The Bertz CT molecular complexity index is 871. The van der Waals surface area contributed by atoms with Crippen LogP contribution in [0.15, 0.2) is 36.5 Å². The molecule has 24 heavy (non-hydrogen) atoms. The average molecular weight is 344 g/mol. The van der Waals surface area contributed by atoms with E-state index >= 15 is 0 Å². The summed E-state index contributed by atoms with van der Waals surface area (Å²) < 4.78 is 14.9. The fraction of sp³-hybridized carbons (Fsp3) is 0.235. The SMILES string of the molecule is CCn1nc(C)cc1C(=O)Nc1ncc(Cc2cccc(F)c2)s1. The van der Waals surface area contributed by atoms with Gasteiger partial charge >= 0.3 is 0 Å². The Hall–Kier alpha value is -2.54. The number of hydrogen-bond donors (Lipinski definition) is 1. The highest BCUT2D eigenvalue weighted by molar-refractivity contribution is 7.15. The van der Waals surface area contributed by atoms with E-state index in [0.717, 1.165) is 16.1 Å². The first-order valence-corrected chi connectivity index (χ1v) is 8.41. The number of carbonyl (C=O) groups excluding carboxylic acids is 1. The Morgan fingerprint density at radius 3 is 2.96 bits per heavy atom. The zero-order chi connectivity index (χ0) is 17.1. The number of thiazole rings is 1. The number of aromatic nitrogens is 3. The van der Waals surface area contributed by atoms with Gasteiger partial charge in [-0.3, -0.25) is 14.8 Å². The van der Waals surface area contributed by atoms with E-state index in [9.17, 15) is 9.18 Å². The zero-order valence-electron chi connectivity index (χ0n) is 13.4. The van der Waals surface area contributed by atoms with Gasteiger partial charge < -0.3 is 0 Å². The van der Waals surface area contributed by atoms with Crippen LogP contribution in [0.5, 0.6) is 0 Å². The third kappa shape index (κ3) is 3.68. The van der Waals surface area contributed by atoms with E-state index in [2.05, 4.69) is 15.4 Å². The van der Waals surface area contributed by atoms with Crippen LogP contribution in [0.1, 0.15) is 33.5 Å². The molecule has 2 aromatic heterocycles. The lowest BCUT2D eigenvalue weighted by molar-refractivity contribution is 0.101. The maximum atomic E-state index is 13.2. The maximum Gasteiger partial charge on any atom is 0.275 e. The lowest BCUT2D eigenvalue weighted by Gasteiger charge is -2.03. The van der Waals surface area contributed by atoms with Crippen molar-refractivity contribution in [1.29, 1.82) is 0 Å². The summed E-state index contributed by atoms with van der Waals surface area (Å²) in [5.41, 5.74) is 2.18. The summed E-state index contributed by atoms with van der Waals surface area (Å²) in [6.07, 6.45) is 2.28. The maximum absolute atomic E-state index is 13.2. The Labute approximate surface area is 143 Å². The molecular formula is C17H17FN4OS. The van der Waals surface area contributed by atoms with Gasteiger partial charge in [-0.1, -0.05) is 12.1 Å². The van der Waals surface area contributed by atoms with Crippen molar-refractivity contribution in [3.63, 3.8) is 0 Å². The monoisotopic (exact) mass is 344 g/mol. The molecule has 0 radical (unpaired) electrons. The highest BCUT2D eigenvalue weighted by atomic mass is 32.1. The van der Waals surface area contributed by atoms with Crippen LogP contribution in [0.2, 0.25) is 0 Å². The third-order valence-electron chi connectivity index (χ3n) is 3.48. The standard InChI is InChI=1S/C17H17FN4OS/c1-3-22-15(7-11(2)21-22)16(23)20-17-19-10-14(24-17)9-12-5-4-6-13(18)8-12/h4-8,10H,3,9H2,1-2H3,(H,19,20,23). The van der Waals surface area contributed by atoms with Crippen LogP contribution >= 0.6 is 11.3 Å². The molecule has 2 heterocycles. The van der Waals surface area contributed by atoms with Crippen molar-refractivity contribution in [2.24, 2.45) is 0 Å². The first-order chi connectivity index (χ1) is 11.5. The van der Waals surface area contributed by atoms with Gasteiger partial charge in [0.2, 0.25) is 0 Å². The van der Waals surface area contributed by atoms with Crippen molar-refractivity contribution in [3.05, 3.63) is 64.2 Å². The number of nitrogens with one attached hydrogen (secondary N) is 1. The van der Waals surface area contributed by atoms with E-state index in [0.29, 0.717) is 23.8 Å². The number of benzene rings is 1. The van der Waals surface area contributed by atoms with Gasteiger partial charge in [0.05, 0.1) is 5.69 Å². The second kappa shape index (κ2) is 6.92. The van der Waals surface area contributed by atoms with Crippen LogP contribution in [0.4, 0.5) is 9.52 Å². The van der Waals surface area contributed by atoms with Crippen LogP contribution in [0, 0.1) is 12.7 Å². The van der Waals surface area contributed by atoms with E-state index < -0.39 is 0 Å². The van der Waals surface area contributed by atoms with Gasteiger partial charge in [0.15, 0.2) is 5.13 Å². The fourth-order valence-electron chi connectivity index (χ4n) is 2.43. The van der Waals surface area contributed by atoms with Crippen molar-refractivity contribution in [3.8, 4) is 0 Å². The molecule has 0 aliphatic rings. The van der Waals surface area contributed by atoms with Crippen LogP contribution in [0.25, 0.3) is 0 Å². The third-order valence-corrected chi connectivity index (χ3v) is 4.39. The molecule has 0 aliphatic carbocycles. The topological polar surface area (TPSA) is 59.8 Å². The molecule has 5 nitrogen and oxygen atoms in total. The van der Waals surface area contributed by atoms with Gasteiger partial charge in [-0.2, -0.15) is 5.10 Å². The minimum atomic E-state index is -0.256. The summed E-state index contributed by atoms with van der Waals surface area (Å²) in [5.74, 6) is -0.488. The highest BCUT2D eigenvalue weighted by Gasteiger charge is 2.15. The Kier molecular flexibility index (Phi) is 4.71. The molecule has 0 atom stereocenters. The average Bonchev–Trinajstić information content (AvgIpc) is 3.13. The van der Waals surface area contributed by atoms with Crippen LogP contribution in [-0.4, -0.2) is 20.7 Å². The molecule has 7 heteroatoms. The molecule has 0 bridgehead atoms. The van der Waals surface area contributed by atoms with Crippen LogP contribution in [0.3, 0.4) is 0 Å². The van der Waals surface area contributed by atoms with E-state index in [4.69, 9.17) is 0 Å². The molecule has 0 spiro atoms. The van der Waals surface area contributed by atoms with E-state index in [-0.39, 0.29) is 11.7 Å². The predicted molar refractivity (Wildman–Crippen MR) is 91.9 cm³/mol. The molecule has 3 rings (SSSR count). The molecule has 0 saturated heterocycles. The number of hydrogen-bond acceptors (Lipinski definition) is 4. The molecule has 0 fully saturated rings. The summed E-state index contributed by atoms with van der Waals surface area (Å²) in [5, 5.41) is 7.58. The van der Waals surface area contributed by atoms with Crippen LogP contribution in [-0.2, 0) is 13.0 Å². The van der Waals surface area contributed by atoms with Crippen molar-refractivity contribution < 1.29 is 9.18 Å².